The zero-order valence-electron chi connectivity index (χ0n) is 15.6. The first-order chi connectivity index (χ1) is 13.1. The molecule has 4 rings (SSSR count). The van der Waals surface area contributed by atoms with Gasteiger partial charge in [-0.1, -0.05) is 12.1 Å². The Balaban J connectivity index is 1.31. The molecule has 27 heavy (non-hydrogen) atoms. The number of carbonyl (C=O) groups is 1. The summed E-state index contributed by atoms with van der Waals surface area (Å²) in [7, 11) is 2.04. The van der Waals surface area contributed by atoms with Crippen molar-refractivity contribution in [2.24, 2.45) is 7.05 Å². The van der Waals surface area contributed by atoms with Gasteiger partial charge in [-0.25, -0.2) is 4.39 Å². The SMILES string of the molecule is Cn1ccc2ccc(CCC(=O)N3CCN(c4ccc(F)cc4)CC3)cc21. The number of aromatic nitrogens is 1. The van der Waals surface area contributed by atoms with Gasteiger partial charge >= 0.3 is 0 Å². The van der Waals surface area contributed by atoms with Crippen LogP contribution in [0.5, 0.6) is 0 Å². The fraction of sp³-hybridized carbons (Fsp3) is 0.318. The number of benzene rings is 2. The first-order valence-electron chi connectivity index (χ1n) is 9.42. The lowest BCUT2D eigenvalue weighted by molar-refractivity contribution is -0.131. The normalized spacial score (nSPS) is 14.7. The van der Waals surface area contributed by atoms with Crippen molar-refractivity contribution < 1.29 is 9.18 Å². The molecule has 1 fully saturated rings. The van der Waals surface area contributed by atoms with Gasteiger partial charge in [0, 0.05) is 57.0 Å². The monoisotopic (exact) mass is 365 g/mol. The number of hydrogen-bond donors (Lipinski definition) is 0. The molecule has 1 saturated heterocycles. The van der Waals surface area contributed by atoms with E-state index in [2.05, 4.69) is 39.9 Å². The number of piperazine rings is 1. The van der Waals surface area contributed by atoms with Crippen LogP contribution in [-0.4, -0.2) is 41.6 Å². The number of carbonyl (C=O) groups excluding carboxylic acids is 1. The Morgan fingerprint density at radius 3 is 2.48 bits per heavy atom. The van der Waals surface area contributed by atoms with Crippen LogP contribution >= 0.6 is 0 Å². The summed E-state index contributed by atoms with van der Waals surface area (Å²) in [6.07, 6.45) is 3.35. The van der Waals surface area contributed by atoms with Crippen LogP contribution in [0.4, 0.5) is 10.1 Å². The average molecular weight is 365 g/mol. The fourth-order valence-electron chi connectivity index (χ4n) is 3.74. The van der Waals surface area contributed by atoms with Gasteiger partial charge in [0.25, 0.3) is 0 Å². The Bertz CT molecular complexity index is 940. The summed E-state index contributed by atoms with van der Waals surface area (Å²) in [6.45, 7) is 3.00. The van der Waals surface area contributed by atoms with Crippen LogP contribution in [-0.2, 0) is 18.3 Å². The van der Waals surface area contributed by atoms with Crippen LogP contribution in [0.15, 0.2) is 54.7 Å². The highest BCUT2D eigenvalue weighted by Crippen LogP contribution is 2.19. The van der Waals surface area contributed by atoms with Crippen LogP contribution < -0.4 is 4.90 Å². The third kappa shape index (κ3) is 3.82. The Kier molecular flexibility index (Phi) is 4.84. The second-order valence-corrected chi connectivity index (χ2v) is 7.16. The summed E-state index contributed by atoms with van der Waals surface area (Å²) >= 11 is 0. The Hall–Kier alpha value is -2.82. The third-order valence-corrected chi connectivity index (χ3v) is 5.40. The van der Waals surface area contributed by atoms with Crippen molar-refractivity contribution in [2.75, 3.05) is 31.1 Å². The molecule has 140 valence electrons. The topological polar surface area (TPSA) is 28.5 Å². The minimum Gasteiger partial charge on any atom is -0.368 e. The minimum absolute atomic E-state index is 0.209. The second kappa shape index (κ2) is 7.43. The van der Waals surface area contributed by atoms with Crippen LogP contribution in [0.25, 0.3) is 10.9 Å². The van der Waals surface area contributed by atoms with Crippen molar-refractivity contribution in [1.29, 1.82) is 0 Å². The molecule has 1 aromatic heterocycles. The lowest BCUT2D eigenvalue weighted by atomic mass is 10.1. The third-order valence-electron chi connectivity index (χ3n) is 5.40. The van der Waals surface area contributed by atoms with E-state index in [0.29, 0.717) is 19.5 Å². The Labute approximate surface area is 158 Å². The summed E-state index contributed by atoms with van der Waals surface area (Å²) in [4.78, 5) is 16.7. The van der Waals surface area contributed by atoms with E-state index < -0.39 is 0 Å². The smallest absolute Gasteiger partial charge is 0.223 e. The molecule has 0 spiro atoms. The molecule has 4 nitrogen and oxygen atoms in total. The van der Waals surface area contributed by atoms with Gasteiger partial charge < -0.3 is 14.4 Å². The molecule has 3 aromatic rings. The lowest BCUT2D eigenvalue weighted by Gasteiger charge is -2.36. The van der Waals surface area contributed by atoms with Crippen LogP contribution in [0, 0.1) is 5.82 Å². The summed E-state index contributed by atoms with van der Waals surface area (Å²) in [5.74, 6) is -0.0122. The van der Waals surface area contributed by atoms with Crippen molar-refractivity contribution >= 4 is 22.5 Å². The van der Waals surface area contributed by atoms with Gasteiger partial charge in [-0.2, -0.15) is 0 Å². The van der Waals surface area contributed by atoms with E-state index in [-0.39, 0.29) is 11.7 Å². The molecule has 5 heteroatoms. The molecule has 0 unspecified atom stereocenters. The van der Waals surface area contributed by atoms with Crippen LogP contribution in [0.1, 0.15) is 12.0 Å². The first kappa shape index (κ1) is 17.6. The highest BCUT2D eigenvalue weighted by atomic mass is 19.1. The number of halogens is 1. The van der Waals surface area contributed by atoms with Gasteiger partial charge in [0.05, 0.1) is 0 Å². The number of nitrogens with zero attached hydrogens (tertiary/aromatic N) is 3. The second-order valence-electron chi connectivity index (χ2n) is 7.16. The number of aryl methyl sites for hydroxylation is 2. The molecule has 0 bridgehead atoms. The van der Waals surface area contributed by atoms with Crippen LogP contribution in [0.3, 0.4) is 0 Å². The van der Waals surface area contributed by atoms with Gasteiger partial charge in [0.2, 0.25) is 5.91 Å². The minimum atomic E-state index is -0.221. The maximum absolute atomic E-state index is 13.1. The zero-order chi connectivity index (χ0) is 18.8. The number of amides is 1. The van der Waals surface area contributed by atoms with E-state index in [9.17, 15) is 9.18 Å². The largest absolute Gasteiger partial charge is 0.368 e. The Morgan fingerprint density at radius 2 is 1.74 bits per heavy atom. The van der Waals surface area contributed by atoms with E-state index in [0.717, 1.165) is 25.2 Å². The molecule has 0 N–H and O–H groups in total. The summed E-state index contributed by atoms with van der Waals surface area (Å²) in [5, 5.41) is 1.23. The predicted molar refractivity (Wildman–Crippen MR) is 106 cm³/mol. The quantitative estimate of drug-likeness (QED) is 0.707. The van der Waals surface area contributed by atoms with E-state index >= 15 is 0 Å². The highest BCUT2D eigenvalue weighted by molar-refractivity contribution is 5.81. The molecule has 0 aliphatic carbocycles. The molecule has 2 aromatic carbocycles. The van der Waals surface area contributed by atoms with Crippen molar-refractivity contribution in [1.82, 2.24) is 9.47 Å². The molecule has 0 radical (unpaired) electrons. The molecule has 1 amide bonds. The zero-order valence-corrected chi connectivity index (χ0v) is 15.6. The number of rotatable bonds is 4. The first-order valence-corrected chi connectivity index (χ1v) is 9.42. The van der Waals surface area contributed by atoms with E-state index in [1.54, 1.807) is 12.1 Å². The molecule has 1 aliphatic rings. The van der Waals surface area contributed by atoms with Crippen molar-refractivity contribution in [3.05, 3.63) is 66.1 Å². The molecule has 0 saturated carbocycles. The number of fused-ring (bicyclic) bond motifs is 1. The van der Waals surface area contributed by atoms with Gasteiger partial charge in [0.15, 0.2) is 0 Å². The fourth-order valence-corrected chi connectivity index (χ4v) is 3.74. The van der Waals surface area contributed by atoms with E-state index in [1.807, 2.05) is 11.9 Å². The van der Waals surface area contributed by atoms with Crippen molar-refractivity contribution in [2.45, 2.75) is 12.8 Å². The maximum Gasteiger partial charge on any atom is 0.223 e. The molecule has 1 aliphatic heterocycles. The van der Waals surface area contributed by atoms with Gasteiger partial charge in [-0.15, -0.1) is 0 Å². The summed E-state index contributed by atoms with van der Waals surface area (Å²) in [5.41, 5.74) is 3.41. The number of anilines is 1. The van der Waals surface area contributed by atoms with Gasteiger partial charge in [-0.3, -0.25) is 4.79 Å². The predicted octanol–water partition coefficient (Wildman–Crippen LogP) is 3.60. The lowest BCUT2D eigenvalue weighted by Crippen LogP contribution is -2.48. The van der Waals surface area contributed by atoms with Crippen LogP contribution in [0.2, 0.25) is 0 Å². The Morgan fingerprint density at radius 1 is 1.00 bits per heavy atom. The standard InChI is InChI=1S/C22H24FN3O/c1-24-11-10-18-4-2-17(16-21(18)24)3-9-22(27)26-14-12-25(13-15-26)20-7-5-19(23)6-8-20/h2,4-8,10-11,16H,3,9,12-15H2,1H3. The molecule has 2 heterocycles. The molecular weight excluding hydrogens is 341 g/mol. The van der Waals surface area contributed by atoms with Crippen molar-refractivity contribution in [3.63, 3.8) is 0 Å². The summed E-state index contributed by atoms with van der Waals surface area (Å²) in [6, 6.07) is 15.1. The highest BCUT2D eigenvalue weighted by Gasteiger charge is 2.21. The maximum atomic E-state index is 13.1. The average Bonchev–Trinajstić information content (AvgIpc) is 3.07. The van der Waals surface area contributed by atoms with E-state index in [1.165, 1.54) is 28.6 Å². The van der Waals surface area contributed by atoms with Crippen molar-refractivity contribution in [3.8, 4) is 0 Å². The summed E-state index contributed by atoms with van der Waals surface area (Å²) < 4.78 is 15.2. The molecular formula is C22H24FN3O. The van der Waals surface area contributed by atoms with E-state index in [4.69, 9.17) is 0 Å². The van der Waals surface area contributed by atoms with Gasteiger partial charge in [0.1, 0.15) is 5.82 Å². The van der Waals surface area contributed by atoms with Gasteiger partial charge in [-0.05, 0) is 53.8 Å². The molecule has 0 atom stereocenters. The number of hydrogen-bond acceptors (Lipinski definition) is 2.